The monoisotopic (exact) mass is 280 g/mol. The van der Waals surface area contributed by atoms with Gasteiger partial charge in [0, 0.05) is 23.1 Å². The minimum absolute atomic E-state index is 0.0397. The highest BCUT2D eigenvalue weighted by Gasteiger charge is 2.22. The van der Waals surface area contributed by atoms with E-state index in [2.05, 4.69) is 4.98 Å². The zero-order valence-corrected chi connectivity index (χ0v) is 11.7. The van der Waals surface area contributed by atoms with Gasteiger partial charge < -0.3 is 15.8 Å². The van der Waals surface area contributed by atoms with Crippen molar-refractivity contribution < 1.29 is 4.92 Å². The van der Waals surface area contributed by atoms with Crippen molar-refractivity contribution in [2.75, 3.05) is 5.75 Å². The number of nitrogens with two attached hydrogens (primary N) is 1. The molecule has 19 heavy (non-hydrogen) atoms. The molecule has 2 N–H and O–H groups in total. The van der Waals surface area contributed by atoms with Crippen LogP contribution in [-0.2, 0) is 5.75 Å². The van der Waals surface area contributed by atoms with Crippen molar-refractivity contribution in [2.45, 2.75) is 25.1 Å². The third-order valence-electron chi connectivity index (χ3n) is 2.46. The molecule has 6 nitrogen and oxygen atoms in total. The van der Waals surface area contributed by atoms with Crippen molar-refractivity contribution in [3.8, 4) is 0 Å². The van der Waals surface area contributed by atoms with E-state index in [1.165, 1.54) is 4.40 Å². The number of rotatable bonds is 5. The number of aromatic nitrogens is 2. The largest absolute Gasteiger partial charge is 0.358 e. The summed E-state index contributed by atoms with van der Waals surface area (Å²) in [5, 5.41) is 11.2. The average Bonchev–Trinajstić information content (AvgIpc) is 2.65. The molecule has 0 aliphatic heterocycles. The lowest BCUT2D eigenvalue weighted by molar-refractivity contribution is -0.391. The van der Waals surface area contributed by atoms with E-state index in [0.717, 1.165) is 5.75 Å². The lowest BCUT2D eigenvalue weighted by Crippen LogP contribution is -2.34. The summed E-state index contributed by atoms with van der Waals surface area (Å²) in [6.07, 6.45) is 1.65. The van der Waals surface area contributed by atoms with Gasteiger partial charge in [0.05, 0.1) is 6.20 Å². The molecule has 2 heterocycles. The van der Waals surface area contributed by atoms with Gasteiger partial charge in [-0.15, -0.1) is 0 Å². The Kier molecular flexibility index (Phi) is 3.77. The zero-order valence-electron chi connectivity index (χ0n) is 10.9. The number of pyridine rings is 1. The van der Waals surface area contributed by atoms with Crippen molar-refractivity contribution in [3.05, 3.63) is 40.2 Å². The Labute approximate surface area is 115 Å². The molecule has 0 aromatic carbocycles. The molecule has 0 fully saturated rings. The van der Waals surface area contributed by atoms with Gasteiger partial charge in [-0.1, -0.05) is 6.07 Å². The fourth-order valence-corrected chi connectivity index (χ4v) is 2.75. The smallest absolute Gasteiger partial charge is 0.351 e. The van der Waals surface area contributed by atoms with Crippen molar-refractivity contribution in [3.63, 3.8) is 0 Å². The molecule has 2 aromatic heterocycles. The van der Waals surface area contributed by atoms with E-state index >= 15 is 0 Å². The van der Waals surface area contributed by atoms with Gasteiger partial charge in [0.1, 0.15) is 5.69 Å². The van der Waals surface area contributed by atoms with E-state index in [4.69, 9.17) is 5.73 Å². The summed E-state index contributed by atoms with van der Waals surface area (Å²) in [7, 11) is 0. The van der Waals surface area contributed by atoms with Crippen LogP contribution in [0.25, 0.3) is 5.65 Å². The molecule has 0 aliphatic rings. The summed E-state index contributed by atoms with van der Waals surface area (Å²) in [6.45, 7) is 3.86. The quantitative estimate of drug-likeness (QED) is 0.670. The second kappa shape index (κ2) is 5.18. The van der Waals surface area contributed by atoms with Crippen LogP contribution in [0.5, 0.6) is 0 Å². The van der Waals surface area contributed by atoms with Crippen molar-refractivity contribution in [1.82, 2.24) is 9.38 Å². The first-order valence-electron chi connectivity index (χ1n) is 5.85. The number of fused-ring (bicyclic) bond motifs is 1. The molecular weight excluding hydrogens is 264 g/mol. The Hall–Kier alpha value is -1.60. The molecule has 102 valence electrons. The Morgan fingerprint density at radius 2 is 2.26 bits per heavy atom. The van der Waals surface area contributed by atoms with Crippen LogP contribution in [0.15, 0.2) is 24.4 Å². The van der Waals surface area contributed by atoms with Crippen LogP contribution in [0.4, 0.5) is 5.82 Å². The molecule has 0 spiro atoms. The minimum Gasteiger partial charge on any atom is -0.358 e. The molecule has 0 atom stereocenters. The van der Waals surface area contributed by atoms with Gasteiger partial charge in [-0.25, -0.2) is 4.98 Å². The van der Waals surface area contributed by atoms with E-state index in [1.807, 2.05) is 19.9 Å². The maximum absolute atomic E-state index is 11.2. The maximum atomic E-state index is 11.2. The first-order valence-corrected chi connectivity index (χ1v) is 7.01. The topological polar surface area (TPSA) is 86.5 Å². The molecule has 0 radical (unpaired) electrons. The molecule has 7 heteroatoms. The van der Waals surface area contributed by atoms with Crippen molar-refractivity contribution >= 4 is 23.2 Å². The third-order valence-corrected chi connectivity index (χ3v) is 3.89. The summed E-state index contributed by atoms with van der Waals surface area (Å²) in [4.78, 5) is 15.1. The van der Waals surface area contributed by atoms with Crippen LogP contribution in [0.2, 0.25) is 0 Å². The summed E-state index contributed by atoms with van der Waals surface area (Å²) in [5.41, 5.74) is 6.68. The van der Waals surface area contributed by atoms with Gasteiger partial charge >= 0.3 is 5.82 Å². The third kappa shape index (κ3) is 3.24. The fraction of sp³-hybridized carbons (Fsp3) is 0.417. The zero-order chi connectivity index (χ0) is 14.0. The summed E-state index contributed by atoms with van der Waals surface area (Å²) >= 11 is 1.55. The summed E-state index contributed by atoms with van der Waals surface area (Å²) in [6, 6.07) is 5.32. The number of imidazole rings is 1. The van der Waals surface area contributed by atoms with Gasteiger partial charge in [0.2, 0.25) is 5.65 Å². The Morgan fingerprint density at radius 1 is 1.53 bits per heavy atom. The first-order chi connectivity index (χ1) is 8.88. The second-order valence-corrected chi connectivity index (χ2v) is 6.04. The standard InChI is InChI=1S/C12H16N4O2S/c1-12(2,13)8-19-7-9-11(16(17)18)15-6-4-3-5-10(15)14-9/h3-6H,7-8,13H2,1-2H3. The molecule has 2 rings (SSSR count). The van der Waals surface area contributed by atoms with Crippen LogP contribution >= 0.6 is 11.8 Å². The molecule has 0 saturated heterocycles. The van der Waals surface area contributed by atoms with Gasteiger partial charge in [-0.3, -0.25) is 0 Å². The van der Waals surface area contributed by atoms with E-state index in [1.54, 1.807) is 30.1 Å². The molecule has 0 unspecified atom stereocenters. The van der Waals surface area contributed by atoms with E-state index in [-0.39, 0.29) is 16.3 Å². The normalized spacial score (nSPS) is 11.9. The Morgan fingerprint density at radius 3 is 2.89 bits per heavy atom. The first kappa shape index (κ1) is 13.8. The highest BCUT2D eigenvalue weighted by Crippen LogP contribution is 2.25. The number of hydrogen-bond acceptors (Lipinski definition) is 5. The molecule has 2 aromatic rings. The van der Waals surface area contributed by atoms with Crippen LogP contribution in [0.3, 0.4) is 0 Å². The van der Waals surface area contributed by atoms with Crippen molar-refractivity contribution in [1.29, 1.82) is 0 Å². The SMILES string of the molecule is CC(C)(N)CSCc1nc2ccccn2c1[N+](=O)[O-]. The van der Waals surface area contributed by atoms with Crippen LogP contribution in [0, 0.1) is 10.1 Å². The van der Waals surface area contributed by atoms with Crippen LogP contribution in [0.1, 0.15) is 19.5 Å². The number of nitro groups is 1. The molecule has 0 saturated carbocycles. The molecule has 0 amide bonds. The summed E-state index contributed by atoms with van der Waals surface area (Å²) in [5.74, 6) is 1.24. The predicted octanol–water partition coefficient (Wildman–Crippen LogP) is 2.21. The maximum Gasteiger partial charge on any atom is 0.351 e. The number of thioether (sulfide) groups is 1. The molecule has 0 bridgehead atoms. The lowest BCUT2D eigenvalue weighted by Gasteiger charge is -2.16. The van der Waals surface area contributed by atoms with Crippen molar-refractivity contribution in [2.24, 2.45) is 5.73 Å². The Bertz CT molecular complexity index is 603. The lowest BCUT2D eigenvalue weighted by atomic mass is 10.1. The van der Waals surface area contributed by atoms with E-state index < -0.39 is 0 Å². The number of hydrogen-bond donors (Lipinski definition) is 1. The van der Waals surface area contributed by atoms with Crippen LogP contribution < -0.4 is 5.73 Å². The van der Waals surface area contributed by atoms with Gasteiger partial charge in [0.15, 0.2) is 0 Å². The minimum atomic E-state index is -0.385. The molecule has 0 aliphatic carbocycles. The van der Waals surface area contributed by atoms with Crippen LogP contribution in [-0.4, -0.2) is 25.6 Å². The summed E-state index contributed by atoms with van der Waals surface area (Å²) < 4.78 is 1.50. The van der Waals surface area contributed by atoms with E-state index in [0.29, 0.717) is 17.1 Å². The highest BCUT2D eigenvalue weighted by molar-refractivity contribution is 7.98. The average molecular weight is 280 g/mol. The van der Waals surface area contributed by atoms with Gasteiger partial charge in [-0.2, -0.15) is 16.2 Å². The van der Waals surface area contributed by atoms with E-state index in [9.17, 15) is 10.1 Å². The van der Waals surface area contributed by atoms with Gasteiger partial charge in [0.25, 0.3) is 0 Å². The Balaban J connectivity index is 2.27. The fourth-order valence-electron chi connectivity index (χ4n) is 1.73. The van der Waals surface area contributed by atoms with Gasteiger partial charge in [-0.05, 0) is 24.8 Å². The number of nitrogens with zero attached hydrogens (tertiary/aromatic N) is 3. The molecular formula is C12H16N4O2S. The predicted molar refractivity (Wildman–Crippen MR) is 76.3 cm³/mol. The highest BCUT2D eigenvalue weighted by atomic mass is 32.2. The second-order valence-electron chi connectivity index (χ2n) is 5.05.